The number of carboxylic acid groups (broad SMARTS) is 1. The fourth-order valence-corrected chi connectivity index (χ4v) is 3.92. The van der Waals surface area contributed by atoms with Crippen molar-refractivity contribution in [2.24, 2.45) is 0 Å². The van der Waals surface area contributed by atoms with Gasteiger partial charge < -0.3 is 20.6 Å². The highest BCUT2D eigenvalue weighted by atomic mass is 35.5. The highest BCUT2D eigenvalue weighted by Gasteiger charge is 2.54. The number of halogens is 1. The number of fused-ring (bicyclic) bond motifs is 1. The van der Waals surface area contributed by atoms with Gasteiger partial charge in [-0.15, -0.1) is 11.8 Å². The van der Waals surface area contributed by atoms with Crippen LogP contribution in [-0.4, -0.2) is 49.9 Å². The van der Waals surface area contributed by atoms with Crippen molar-refractivity contribution in [2.45, 2.75) is 17.8 Å². The highest BCUT2D eigenvalue weighted by molar-refractivity contribution is 8.00. The first-order chi connectivity index (χ1) is 10.9. The third kappa shape index (κ3) is 2.75. The highest BCUT2D eigenvalue weighted by Crippen LogP contribution is 2.41. The molecule has 23 heavy (non-hydrogen) atoms. The van der Waals surface area contributed by atoms with Crippen molar-refractivity contribution in [1.29, 1.82) is 0 Å². The molecule has 0 aliphatic carbocycles. The molecule has 2 amide bonds. The van der Waals surface area contributed by atoms with E-state index in [1.165, 1.54) is 18.0 Å². The van der Waals surface area contributed by atoms with E-state index < -0.39 is 29.2 Å². The Balaban J connectivity index is 1.66. The largest absolute Gasteiger partial charge is 0.477 e. The Kier molecular flexibility index (Phi) is 3.94. The third-order valence-corrected chi connectivity index (χ3v) is 5.10. The number of aliphatic carboxylic acids is 1. The van der Waals surface area contributed by atoms with Gasteiger partial charge in [-0.3, -0.25) is 14.5 Å². The van der Waals surface area contributed by atoms with Crippen LogP contribution in [0.1, 0.15) is 5.69 Å². The molecule has 2 aliphatic heterocycles. The molecule has 3 heterocycles. The standard InChI is InChI=1S/C12H11ClN4O5S/c13-5-3-23-10-7(9(19)17(10)8(5)11(20)21)16-6(18)1-4-2-22-12(14)15-4/h2,7,10H,1,3H2,(H2,14,15)(H,16,18)(H,20,21)/t7-,10+/m1/s1. The zero-order chi connectivity index (χ0) is 16.7. The van der Waals surface area contributed by atoms with Crippen LogP contribution in [0.5, 0.6) is 0 Å². The summed E-state index contributed by atoms with van der Waals surface area (Å²) in [6.07, 6.45) is 1.16. The molecule has 1 aromatic rings. The lowest BCUT2D eigenvalue weighted by Gasteiger charge is -2.48. The van der Waals surface area contributed by atoms with Crippen LogP contribution < -0.4 is 11.1 Å². The molecular formula is C12H11ClN4O5S. The number of carbonyl (C=O) groups excluding carboxylic acids is 2. The topological polar surface area (TPSA) is 139 Å². The molecule has 1 aromatic heterocycles. The predicted molar refractivity (Wildman–Crippen MR) is 80.2 cm³/mol. The molecule has 4 N–H and O–H groups in total. The average molecular weight is 359 g/mol. The van der Waals surface area contributed by atoms with Crippen LogP contribution >= 0.6 is 23.4 Å². The van der Waals surface area contributed by atoms with Gasteiger partial charge in [0.2, 0.25) is 5.91 Å². The van der Waals surface area contributed by atoms with E-state index in [2.05, 4.69) is 10.3 Å². The van der Waals surface area contributed by atoms with Crippen LogP contribution in [-0.2, 0) is 20.8 Å². The lowest BCUT2D eigenvalue weighted by molar-refractivity contribution is -0.150. The second kappa shape index (κ2) is 5.78. The van der Waals surface area contributed by atoms with E-state index in [0.717, 1.165) is 4.90 Å². The van der Waals surface area contributed by atoms with Crippen LogP contribution in [0.4, 0.5) is 6.01 Å². The van der Waals surface area contributed by atoms with E-state index in [9.17, 15) is 14.4 Å². The number of oxazole rings is 1. The number of anilines is 1. The second-order valence-electron chi connectivity index (χ2n) is 4.87. The van der Waals surface area contributed by atoms with E-state index in [1.54, 1.807) is 0 Å². The van der Waals surface area contributed by atoms with E-state index >= 15 is 0 Å². The van der Waals surface area contributed by atoms with Gasteiger partial charge in [-0.25, -0.2) is 4.79 Å². The number of β-lactam (4-membered cyclic amide) rings is 1. The Bertz CT molecular complexity index is 733. The summed E-state index contributed by atoms with van der Waals surface area (Å²) in [4.78, 5) is 40.2. The molecule has 2 aliphatic rings. The zero-order valence-corrected chi connectivity index (χ0v) is 13.1. The maximum Gasteiger partial charge on any atom is 0.353 e. The summed E-state index contributed by atoms with van der Waals surface area (Å²) in [5, 5.41) is 11.3. The Morgan fingerprint density at radius 2 is 2.35 bits per heavy atom. The summed E-state index contributed by atoms with van der Waals surface area (Å²) >= 11 is 7.16. The summed E-state index contributed by atoms with van der Waals surface area (Å²) in [6.45, 7) is 0. The summed E-state index contributed by atoms with van der Waals surface area (Å²) in [5.41, 5.74) is 5.43. The molecule has 1 saturated heterocycles. The number of nitrogens with two attached hydrogens (primary N) is 1. The van der Waals surface area contributed by atoms with Gasteiger partial charge in [-0.1, -0.05) is 11.6 Å². The SMILES string of the molecule is Nc1nc(CC(=O)N[C@@H]2C(=O)N3C(C(=O)O)=C(Cl)CS[C@@H]23)co1. The van der Waals surface area contributed by atoms with Crippen molar-refractivity contribution >= 4 is 47.2 Å². The number of thioether (sulfide) groups is 1. The van der Waals surface area contributed by atoms with E-state index in [-0.39, 0.29) is 28.9 Å². The predicted octanol–water partition coefficient (Wildman–Crippen LogP) is -0.266. The van der Waals surface area contributed by atoms with Gasteiger partial charge in [0, 0.05) is 5.75 Å². The van der Waals surface area contributed by atoms with Crippen molar-refractivity contribution < 1.29 is 23.9 Å². The monoisotopic (exact) mass is 358 g/mol. The molecule has 1 fully saturated rings. The minimum atomic E-state index is -1.27. The number of aromatic nitrogens is 1. The van der Waals surface area contributed by atoms with Crippen LogP contribution in [0.3, 0.4) is 0 Å². The van der Waals surface area contributed by atoms with Gasteiger partial charge in [0.05, 0.1) is 17.1 Å². The lowest BCUT2D eigenvalue weighted by Crippen LogP contribution is -2.70. The van der Waals surface area contributed by atoms with E-state index in [0.29, 0.717) is 5.69 Å². The molecule has 0 radical (unpaired) electrons. The van der Waals surface area contributed by atoms with Gasteiger partial charge in [0.25, 0.3) is 11.9 Å². The summed E-state index contributed by atoms with van der Waals surface area (Å²) < 4.78 is 4.79. The number of nitrogen functional groups attached to an aromatic ring is 1. The number of hydrogen-bond donors (Lipinski definition) is 3. The van der Waals surface area contributed by atoms with Crippen molar-refractivity contribution in [2.75, 3.05) is 11.5 Å². The zero-order valence-electron chi connectivity index (χ0n) is 11.5. The van der Waals surface area contributed by atoms with Crippen molar-refractivity contribution in [3.05, 3.63) is 22.7 Å². The molecule has 0 saturated carbocycles. The van der Waals surface area contributed by atoms with Crippen LogP contribution in [0, 0.1) is 0 Å². The molecule has 0 bridgehead atoms. The fraction of sp³-hybridized carbons (Fsp3) is 0.333. The number of carbonyl (C=O) groups is 3. The molecule has 0 unspecified atom stereocenters. The van der Waals surface area contributed by atoms with Gasteiger partial charge in [-0.05, 0) is 0 Å². The van der Waals surface area contributed by atoms with Crippen LogP contribution in [0.2, 0.25) is 0 Å². The van der Waals surface area contributed by atoms with Gasteiger partial charge in [0.15, 0.2) is 0 Å². The molecule has 0 aromatic carbocycles. The maximum atomic E-state index is 12.1. The first-order valence-corrected chi connectivity index (χ1v) is 7.87. The average Bonchev–Trinajstić information content (AvgIpc) is 2.89. The maximum absolute atomic E-state index is 12.1. The Hall–Kier alpha value is -2.20. The lowest BCUT2D eigenvalue weighted by atomic mass is 10.0. The number of hydrogen-bond acceptors (Lipinski definition) is 7. The molecule has 0 spiro atoms. The minimum Gasteiger partial charge on any atom is -0.477 e. The minimum absolute atomic E-state index is 0.0487. The number of amides is 2. The summed E-state index contributed by atoms with van der Waals surface area (Å²) in [5.74, 6) is -1.94. The fourth-order valence-electron chi connectivity index (χ4n) is 2.37. The summed E-state index contributed by atoms with van der Waals surface area (Å²) in [6, 6.07) is -0.844. The number of carboxylic acids is 1. The number of nitrogens with zero attached hydrogens (tertiary/aromatic N) is 2. The first kappa shape index (κ1) is 15.7. The van der Waals surface area contributed by atoms with Crippen molar-refractivity contribution in [1.82, 2.24) is 15.2 Å². The molecule has 2 atom stereocenters. The van der Waals surface area contributed by atoms with Gasteiger partial charge >= 0.3 is 5.97 Å². The molecule has 9 nitrogen and oxygen atoms in total. The second-order valence-corrected chi connectivity index (χ2v) is 6.43. The number of rotatable bonds is 4. The molecule has 11 heteroatoms. The number of nitrogens with one attached hydrogen (secondary N) is 1. The van der Waals surface area contributed by atoms with E-state index in [1.807, 2.05) is 0 Å². The quantitative estimate of drug-likeness (QED) is 0.625. The Labute approximate surface area is 138 Å². The van der Waals surface area contributed by atoms with Crippen LogP contribution in [0.15, 0.2) is 21.4 Å². The Morgan fingerprint density at radius 3 is 2.96 bits per heavy atom. The molecule has 3 rings (SSSR count). The van der Waals surface area contributed by atoms with Crippen molar-refractivity contribution in [3.8, 4) is 0 Å². The smallest absolute Gasteiger partial charge is 0.353 e. The molecular weight excluding hydrogens is 348 g/mol. The molecule has 122 valence electrons. The first-order valence-electron chi connectivity index (χ1n) is 6.44. The third-order valence-electron chi connectivity index (χ3n) is 3.35. The van der Waals surface area contributed by atoms with Gasteiger partial charge in [0.1, 0.15) is 23.4 Å². The summed E-state index contributed by atoms with van der Waals surface area (Å²) in [7, 11) is 0. The normalized spacial score (nSPS) is 23.3. The van der Waals surface area contributed by atoms with Gasteiger partial charge in [-0.2, -0.15) is 4.98 Å². The van der Waals surface area contributed by atoms with Crippen LogP contribution in [0.25, 0.3) is 0 Å². The van der Waals surface area contributed by atoms with E-state index in [4.69, 9.17) is 26.9 Å². The Morgan fingerprint density at radius 1 is 1.61 bits per heavy atom. The van der Waals surface area contributed by atoms with Crippen molar-refractivity contribution in [3.63, 3.8) is 0 Å².